The van der Waals surface area contributed by atoms with Crippen LogP contribution >= 0.6 is 11.8 Å². The van der Waals surface area contributed by atoms with E-state index in [0.717, 1.165) is 11.3 Å². The van der Waals surface area contributed by atoms with Crippen molar-refractivity contribution in [1.29, 1.82) is 0 Å². The molecule has 1 amide bonds. The number of nitrogens with one attached hydrogen (secondary N) is 1. The van der Waals surface area contributed by atoms with Crippen LogP contribution in [0.3, 0.4) is 0 Å². The SMILES string of the molecule is O=C(C=Cc1ccc(O)cc1)NC1(C(=O)O)CCSC1. The zero-order chi connectivity index (χ0) is 14.6. The molecule has 106 valence electrons. The van der Waals surface area contributed by atoms with E-state index in [4.69, 9.17) is 5.11 Å². The van der Waals surface area contributed by atoms with Crippen molar-refractivity contribution in [2.24, 2.45) is 0 Å². The molecule has 1 heterocycles. The monoisotopic (exact) mass is 293 g/mol. The molecule has 5 nitrogen and oxygen atoms in total. The van der Waals surface area contributed by atoms with Crippen LogP contribution in [0.4, 0.5) is 0 Å². The third kappa shape index (κ3) is 3.33. The summed E-state index contributed by atoms with van der Waals surface area (Å²) in [6, 6.07) is 6.36. The summed E-state index contributed by atoms with van der Waals surface area (Å²) in [5, 5.41) is 21.0. The molecule has 6 heteroatoms. The minimum Gasteiger partial charge on any atom is -0.508 e. The fraction of sp³-hybridized carbons (Fsp3) is 0.286. The number of rotatable bonds is 4. The highest BCUT2D eigenvalue weighted by molar-refractivity contribution is 7.99. The number of phenols is 1. The van der Waals surface area contributed by atoms with E-state index < -0.39 is 17.4 Å². The largest absolute Gasteiger partial charge is 0.508 e. The molecule has 20 heavy (non-hydrogen) atoms. The highest BCUT2D eigenvalue weighted by atomic mass is 32.2. The second-order valence-corrected chi connectivity index (χ2v) is 5.71. The maximum absolute atomic E-state index is 11.8. The first-order valence-corrected chi connectivity index (χ1v) is 7.28. The van der Waals surface area contributed by atoms with Crippen LogP contribution < -0.4 is 5.32 Å². The molecule has 1 unspecified atom stereocenters. The van der Waals surface area contributed by atoms with E-state index in [0.29, 0.717) is 12.2 Å². The second kappa shape index (κ2) is 6.00. The lowest BCUT2D eigenvalue weighted by Gasteiger charge is -2.23. The molecule has 0 aromatic heterocycles. The van der Waals surface area contributed by atoms with Gasteiger partial charge in [-0.05, 0) is 35.9 Å². The van der Waals surface area contributed by atoms with E-state index in [1.165, 1.54) is 30.0 Å². The highest BCUT2D eigenvalue weighted by Gasteiger charge is 2.42. The first kappa shape index (κ1) is 14.5. The van der Waals surface area contributed by atoms with Crippen LogP contribution in [0.1, 0.15) is 12.0 Å². The van der Waals surface area contributed by atoms with Crippen molar-refractivity contribution >= 4 is 29.7 Å². The summed E-state index contributed by atoms with van der Waals surface area (Å²) in [5.74, 6) is -0.147. The van der Waals surface area contributed by atoms with E-state index in [2.05, 4.69) is 5.32 Å². The number of carboxylic acid groups (broad SMARTS) is 1. The summed E-state index contributed by atoms with van der Waals surface area (Å²) in [6.45, 7) is 0. The van der Waals surface area contributed by atoms with Gasteiger partial charge in [0.25, 0.3) is 0 Å². The molecule has 0 spiro atoms. The number of carboxylic acids is 1. The molecule has 1 atom stereocenters. The predicted molar refractivity (Wildman–Crippen MR) is 77.6 cm³/mol. The van der Waals surface area contributed by atoms with Gasteiger partial charge in [0.1, 0.15) is 11.3 Å². The van der Waals surface area contributed by atoms with Crippen molar-refractivity contribution in [3.05, 3.63) is 35.9 Å². The molecule has 1 aromatic carbocycles. The van der Waals surface area contributed by atoms with E-state index >= 15 is 0 Å². The summed E-state index contributed by atoms with van der Waals surface area (Å²) in [5.41, 5.74) is -0.399. The minimum absolute atomic E-state index is 0.152. The molecule has 2 rings (SSSR count). The van der Waals surface area contributed by atoms with Crippen LogP contribution in [-0.4, -0.2) is 39.1 Å². The Bertz CT molecular complexity index is 533. The van der Waals surface area contributed by atoms with Gasteiger partial charge in [-0.25, -0.2) is 4.79 Å². The molecule has 0 bridgehead atoms. The van der Waals surface area contributed by atoms with Crippen molar-refractivity contribution in [1.82, 2.24) is 5.32 Å². The third-order valence-electron chi connectivity index (χ3n) is 3.11. The number of amides is 1. The molecule has 1 aliphatic heterocycles. The average Bonchev–Trinajstić information content (AvgIpc) is 2.88. The summed E-state index contributed by atoms with van der Waals surface area (Å²) in [6.07, 6.45) is 3.32. The molecule has 0 aliphatic carbocycles. The van der Waals surface area contributed by atoms with Crippen molar-refractivity contribution in [3.63, 3.8) is 0 Å². The number of phenolic OH excluding ortho intramolecular Hbond substituents is 1. The van der Waals surface area contributed by atoms with Gasteiger partial charge in [-0.3, -0.25) is 4.79 Å². The Morgan fingerprint density at radius 1 is 1.30 bits per heavy atom. The fourth-order valence-electron chi connectivity index (χ4n) is 1.92. The normalized spacial score (nSPS) is 22.0. The van der Waals surface area contributed by atoms with Crippen LogP contribution in [0.15, 0.2) is 30.3 Å². The fourth-order valence-corrected chi connectivity index (χ4v) is 3.25. The summed E-state index contributed by atoms with van der Waals surface area (Å²) in [7, 11) is 0. The van der Waals surface area contributed by atoms with E-state index in [9.17, 15) is 14.7 Å². The molecule has 1 aliphatic rings. The molecule has 1 aromatic rings. The van der Waals surface area contributed by atoms with Crippen LogP contribution in [0.25, 0.3) is 6.08 Å². The first-order valence-electron chi connectivity index (χ1n) is 6.12. The number of aliphatic carboxylic acids is 1. The van der Waals surface area contributed by atoms with Gasteiger partial charge < -0.3 is 15.5 Å². The van der Waals surface area contributed by atoms with Gasteiger partial charge in [0.2, 0.25) is 5.91 Å². The number of benzene rings is 1. The number of thioether (sulfide) groups is 1. The zero-order valence-electron chi connectivity index (χ0n) is 10.7. The van der Waals surface area contributed by atoms with Gasteiger partial charge in [-0.15, -0.1) is 0 Å². The number of hydrogen-bond acceptors (Lipinski definition) is 4. The molecule has 3 N–H and O–H groups in total. The average molecular weight is 293 g/mol. The van der Waals surface area contributed by atoms with Crippen molar-refractivity contribution in [2.45, 2.75) is 12.0 Å². The molecule has 1 fully saturated rings. The van der Waals surface area contributed by atoms with Crippen LogP contribution in [0.2, 0.25) is 0 Å². The highest BCUT2D eigenvalue weighted by Crippen LogP contribution is 2.28. The minimum atomic E-state index is -1.15. The number of hydrogen-bond donors (Lipinski definition) is 3. The molecule has 0 saturated carbocycles. The lowest BCUT2D eigenvalue weighted by Crippen LogP contribution is -2.54. The quantitative estimate of drug-likeness (QED) is 0.732. The van der Waals surface area contributed by atoms with Crippen molar-refractivity contribution < 1.29 is 19.8 Å². The summed E-state index contributed by atoms with van der Waals surface area (Å²) in [4.78, 5) is 23.1. The molecular formula is C14H15NO4S. The van der Waals surface area contributed by atoms with Gasteiger partial charge in [0.05, 0.1) is 0 Å². The summed E-state index contributed by atoms with van der Waals surface area (Å²) < 4.78 is 0. The predicted octanol–water partition coefficient (Wildman–Crippen LogP) is 1.48. The van der Waals surface area contributed by atoms with Crippen LogP contribution in [-0.2, 0) is 9.59 Å². The molecule has 0 radical (unpaired) electrons. The van der Waals surface area contributed by atoms with Crippen LogP contribution in [0, 0.1) is 0 Å². The Kier molecular flexibility index (Phi) is 4.34. The Balaban J connectivity index is 2.01. The standard InChI is InChI=1S/C14H15NO4S/c16-11-4-1-10(2-5-11)3-6-12(17)15-14(13(18)19)7-8-20-9-14/h1-6,16H,7-9H2,(H,15,17)(H,18,19). The lowest BCUT2D eigenvalue weighted by molar-refractivity contribution is -0.145. The number of carbonyl (C=O) groups is 2. The second-order valence-electron chi connectivity index (χ2n) is 4.60. The smallest absolute Gasteiger partial charge is 0.330 e. The Morgan fingerprint density at radius 2 is 2.00 bits per heavy atom. The van der Waals surface area contributed by atoms with Gasteiger partial charge in [-0.1, -0.05) is 12.1 Å². The van der Waals surface area contributed by atoms with Gasteiger partial charge >= 0.3 is 5.97 Å². The molecular weight excluding hydrogens is 278 g/mol. The number of aromatic hydroxyl groups is 1. The van der Waals surface area contributed by atoms with Crippen molar-refractivity contribution in [3.8, 4) is 5.75 Å². The number of carbonyl (C=O) groups excluding carboxylic acids is 1. The van der Waals surface area contributed by atoms with Crippen molar-refractivity contribution in [2.75, 3.05) is 11.5 Å². The Labute approximate surface area is 120 Å². The maximum atomic E-state index is 11.8. The Hall–Kier alpha value is -1.95. The topological polar surface area (TPSA) is 86.6 Å². The summed E-state index contributed by atoms with van der Waals surface area (Å²) >= 11 is 1.52. The third-order valence-corrected chi connectivity index (χ3v) is 4.30. The lowest BCUT2D eigenvalue weighted by atomic mass is 9.99. The van der Waals surface area contributed by atoms with E-state index in [-0.39, 0.29) is 5.75 Å². The van der Waals surface area contributed by atoms with Gasteiger partial charge in [0.15, 0.2) is 0 Å². The van der Waals surface area contributed by atoms with Gasteiger partial charge in [0, 0.05) is 11.8 Å². The van der Waals surface area contributed by atoms with Gasteiger partial charge in [-0.2, -0.15) is 11.8 Å². The first-order chi connectivity index (χ1) is 9.52. The Morgan fingerprint density at radius 3 is 2.55 bits per heavy atom. The van der Waals surface area contributed by atoms with E-state index in [1.807, 2.05) is 0 Å². The maximum Gasteiger partial charge on any atom is 0.330 e. The molecule has 1 saturated heterocycles. The van der Waals surface area contributed by atoms with E-state index in [1.54, 1.807) is 18.2 Å². The van der Waals surface area contributed by atoms with Crippen LogP contribution in [0.5, 0.6) is 5.75 Å². The zero-order valence-corrected chi connectivity index (χ0v) is 11.5.